The van der Waals surface area contributed by atoms with E-state index in [-0.39, 0.29) is 34.7 Å². The van der Waals surface area contributed by atoms with E-state index in [0.717, 1.165) is 18.9 Å². The molecule has 0 bridgehead atoms. The van der Waals surface area contributed by atoms with Crippen LogP contribution in [0, 0.1) is 11.7 Å². The first kappa shape index (κ1) is 22.8. The summed E-state index contributed by atoms with van der Waals surface area (Å²) in [7, 11) is 3.10. The molecule has 1 aliphatic carbocycles. The highest BCUT2D eigenvalue weighted by Crippen LogP contribution is 2.44. The number of carboxylic acids is 1. The molecule has 1 saturated carbocycles. The summed E-state index contributed by atoms with van der Waals surface area (Å²) in [6.45, 7) is 4.41. The first-order valence-electron chi connectivity index (χ1n) is 10.8. The van der Waals surface area contributed by atoms with Crippen molar-refractivity contribution in [3.8, 4) is 5.75 Å². The standard InChI is InChI=1S/C23H27FN4O5/c1-4-26-22(30)17(25-2)12-7-8-27(10-12)19-16(24)9-14-18(21(19)33-3)28(13-5-6-13)11-15(20(14)29)23(31)32/h4,9,11-13,17,25H,1,5-8,10H2,2-3H3,(H,26,30)(H,31,32). The van der Waals surface area contributed by atoms with Crippen molar-refractivity contribution < 1.29 is 23.8 Å². The summed E-state index contributed by atoms with van der Waals surface area (Å²) in [5.74, 6) is -2.12. The van der Waals surface area contributed by atoms with Crippen molar-refractivity contribution in [1.82, 2.24) is 15.2 Å². The Morgan fingerprint density at radius 3 is 2.67 bits per heavy atom. The third kappa shape index (κ3) is 3.95. The van der Waals surface area contributed by atoms with Crippen LogP contribution in [0.25, 0.3) is 10.9 Å². The van der Waals surface area contributed by atoms with Crippen molar-refractivity contribution in [2.24, 2.45) is 5.92 Å². The fourth-order valence-electron chi connectivity index (χ4n) is 4.76. The smallest absolute Gasteiger partial charge is 0.341 e. The highest BCUT2D eigenvalue weighted by atomic mass is 19.1. The maximum atomic E-state index is 15.4. The van der Waals surface area contributed by atoms with E-state index >= 15 is 4.39 Å². The number of halogens is 1. The first-order chi connectivity index (χ1) is 15.8. The SMILES string of the molecule is C=CNC(=O)C(NC)C1CCN(c2c(F)cc3c(=O)c(C(=O)O)cn(C4CC4)c3c2OC)C1. The number of benzene rings is 1. The van der Waals surface area contributed by atoms with E-state index in [1.165, 1.54) is 19.5 Å². The molecule has 1 saturated heterocycles. The van der Waals surface area contributed by atoms with E-state index in [9.17, 15) is 19.5 Å². The molecule has 3 N–H and O–H groups in total. The van der Waals surface area contributed by atoms with Crippen LogP contribution in [0.15, 0.2) is 29.8 Å². The number of carbonyl (C=O) groups excluding carboxylic acids is 1. The number of rotatable bonds is 8. The van der Waals surface area contributed by atoms with E-state index in [1.54, 1.807) is 11.6 Å². The predicted octanol–water partition coefficient (Wildman–Crippen LogP) is 1.86. The maximum absolute atomic E-state index is 15.4. The van der Waals surface area contributed by atoms with Gasteiger partial charge in [-0.05, 0) is 38.6 Å². The second-order valence-corrected chi connectivity index (χ2v) is 8.43. The van der Waals surface area contributed by atoms with Crippen LogP contribution >= 0.6 is 0 Å². The van der Waals surface area contributed by atoms with Crippen LogP contribution in [0.2, 0.25) is 0 Å². The lowest BCUT2D eigenvalue weighted by atomic mass is 9.98. The van der Waals surface area contributed by atoms with Gasteiger partial charge in [-0.2, -0.15) is 0 Å². The number of amides is 1. The average molecular weight is 458 g/mol. The molecular weight excluding hydrogens is 431 g/mol. The Kier molecular flexibility index (Phi) is 6.11. The van der Waals surface area contributed by atoms with Crippen molar-refractivity contribution in [2.45, 2.75) is 31.3 Å². The molecule has 1 aliphatic heterocycles. The molecule has 2 aliphatic rings. The zero-order chi connectivity index (χ0) is 23.9. The number of methoxy groups -OCH3 is 1. The van der Waals surface area contributed by atoms with Gasteiger partial charge in [0.15, 0.2) is 11.6 Å². The predicted molar refractivity (Wildman–Crippen MR) is 121 cm³/mol. The summed E-state index contributed by atoms with van der Waals surface area (Å²) in [6, 6.07) is 0.653. The summed E-state index contributed by atoms with van der Waals surface area (Å²) >= 11 is 0. The fourth-order valence-corrected chi connectivity index (χ4v) is 4.76. The van der Waals surface area contributed by atoms with Crippen LogP contribution in [-0.2, 0) is 4.79 Å². The lowest BCUT2D eigenvalue weighted by molar-refractivity contribution is -0.123. The van der Waals surface area contributed by atoms with Gasteiger partial charge in [0.05, 0.1) is 24.1 Å². The number of aromatic nitrogens is 1. The van der Waals surface area contributed by atoms with Gasteiger partial charge in [-0.15, -0.1) is 0 Å². The van der Waals surface area contributed by atoms with Gasteiger partial charge >= 0.3 is 5.97 Å². The molecule has 176 valence electrons. The second kappa shape index (κ2) is 8.86. The summed E-state index contributed by atoms with van der Waals surface area (Å²) in [5.41, 5.74) is -0.531. The molecule has 0 spiro atoms. The summed E-state index contributed by atoms with van der Waals surface area (Å²) in [4.78, 5) is 38.6. The summed E-state index contributed by atoms with van der Waals surface area (Å²) in [5, 5.41) is 15.1. The number of fused-ring (bicyclic) bond motifs is 1. The Morgan fingerprint density at radius 1 is 1.36 bits per heavy atom. The number of anilines is 1. The largest absolute Gasteiger partial charge is 0.492 e. The molecule has 10 heteroatoms. The van der Waals surface area contributed by atoms with Crippen LogP contribution in [0.3, 0.4) is 0 Å². The fraction of sp³-hybridized carbons (Fsp3) is 0.435. The van der Waals surface area contributed by atoms with Gasteiger partial charge in [0.2, 0.25) is 11.3 Å². The quantitative estimate of drug-likeness (QED) is 0.553. The maximum Gasteiger partial charge on any atom is 0.341 e. The molecule has 2 heterocycles. The van der Waals surface area contributed by atoms with Crippen LogP contribution in [0.5, 0.6) is 5.75 Å². The third-order valence-corrected chi connectivity index (χ3v) is 6.42. The van der Waals surface area contributed by atoms with Crippen LogP contribution in [0.4, 0.5) is 10.1 Å². The first-order valence-corrected chi connectivity index (χ1v) is 10.8. The molecule has 33 heavy (non-hydrogen) atoms. The van der Waals surface area contributed by atoms with Gasteiger partial charge in [-0.3, -0.25) is 9.59 Å². The van der Waals surface area contributed by atoms with Gasteiger partial charge in [-0.25, -0.2) is 9.18 Å². The normalized spacial score (nSPS) is 18.9. The topological polar surface area (TPSA) is 113 Å². The Morgan fingerprint density at radius 2 is 2.09 bits per heavy atom. The van der Waals surface area contributed by atoms with Crippen LogP contribution < -0.4 is 25.7 Å². The molecule has 1 amide bonds. The number of aromatic carboxylic acids is 1. The monoisotopic (exact) mass is 458 g/mol. The molecule has 2 fully saturated rings. The number of likely N-dealkylation sites (N-methyl/N-ethyl adjacent to an activating group) is 1. The van der Waals surface area contributed by atoms with E-state index in [2.05, 4.69) is 17.2 Å². The molecule has 1 aromatic carbocycles. The van der Waals surface area contributed by atoms with Crippen molar-refractivity contribution in [2.75, 3.05) is 32.1 Å². The molecule has 1 aromatic heterocycles. The molecule has 4 rings (SSSR count). The zero-order valence-corrected chi connectivity index (χ0v) is 18.6. The highest BCUT2D eigenvalue weighted by Gasteiger charge is 2.36. The number of hydrogen-bond acceptors (Lipinski definition) is 6. The van der Waals surface area contributed by atoms with Gasteiger partial charge in [0.25, 0.3) is 0 Å². The Hall–Kier alpha value is -3.40. The third-order valence-electron chi connectivity index (χ3n) is 6.42. The van der Waals surface area contributed by atoms with Gasteiger partial charge in [0, 0.05) is 31.2 Å². The average Bonchev–Trinajstić information content (AvgIpc) is 3.52. The molecular formula is C23H27FN4O5. The van der Waals surface area contributed by atoms with E-state index in [4.69, 9.17) is 4.74 Å². The van der Waals surface area contributed by atoms with Crippen molar-refractivity contribution in [3.63, 3.8) is 0 Å². The van der Waals surface area contributed by atoms with Crippen molar-refractivity contribution in [1.29, 1.82) is 0 Å². The minimum Gasteiger partial charge on any atom is -0.492 e. The number of nitrogens with zero attached hydrogens (tertiary/aromatic N) is 2. The lowest BCUT2D eigenvalue weighted by Crippen LogP contribution is -2.46. The number of carbonyl (C=O) groups is 2. The van der Waals surface area contributed by atoms with E-state index < -0.39 is 28.8 Å². The number of carboxylic acid groups (broad SMARTS) is 1. The van der Waals surface area contributed by atoms with E-state index in [0.29, 0.717) is 25.0 Å². The van der Waals surface area contributed by atoms with E-state index in [1.807, 2.05) is 4.90 Å². The van der Waals surface area contributed by atoms with Crippen LogP contribution in [-0.4, -0.2) is 54.8 Å². The Labute approximate surface area is 189 Å². The molecule has 2 aromatic rings. The lowest BCUT2D eigenvalue weighted by Gasteiger charge is -2.26. The van der Waals surface area contributed by atoms with Crippen molar-refractivity contribution in [3.05, 3.63) is 46.6 Å². The summed E-state index contributed by atoms with van der Waals surface area (Å²) < 4.78 is 22.8. The van der Waals surface area contributed by atoms with Gasteiger partial charge in [-0.1, -0.05) is 6.58 Å². The van der Waals surface area contributed by atoms with Gasteiger partial charge < -0.3 is 29.9 Å². The molecule has 2 unspecified atom stereocenters. The Bertz CT molecular complexity index is 1190. The molecule has 9 nitrogen and oxygen atoms in total. The molecule has 2 atom stereocenters. The number of pyridine rings is 1. The van der Waals surface area contributed by atoms with Gasteiger partial charge in [0.1, 0.15) is 11.3 Å². The van der Waals surface area contributed by atoms with Crippen LogP contribution in [0.1, 0.15) is 35.7 Å². The number of nitrogens with one attached hydrogen (secondary N) is 2. The minimum absolute atomic E-state index is 0.0193. The zero-order valence-electron chi connectivity index (χ0n) is 18.6. The minimum atomic E-state index is -1.35. The van der Waals surface area contributed by atoms with Crippen molar-refractivity contribution >= 4 is 28.5 Å². The second-order valence-electron chi connectivity index (χ2n) is 8.43. The number of ether oxygens (including phenoxy) is 1. The number of hydrogen-bond donors (Lipinski definition) is 3. The molecule has 0 radical (unpaired) electrons. The Balaban J connectivity index is 1.82. The highest BCUT2D eigenvalue weighted by molar-refractivity contribution is 5.97. The summed E-state index contributed by atoms with van der Waals surface area (Å²) in [6.07, 6.45) is 4.97.